The van der Waals surface area contributed by atoms with Gasteiger partial charge in [-0.2, -0.15) is 0 Å². The quantitative estimate of drug-likeness (QED) is 0.738. The van der Waals surface area contributed by atoms with E-state index in [0.717, 1.165) is 10.3 Å². The lowest BCUT2D eigenvalue weighted by molar-refractivity contribution is 0.548. The van der Waals surface area contributed by atoms with Gasteiger partial charge in [0.15, 0.2) is 0 Å². The number of anilines is 1. The van der Waals surface area contributed by atoms with Gasteiger partial charge in [0, 0.05) is 19.3 Å². The Kier molecular flexibility index (Phi) is 4.69. The molecule has 4 heteroatoms. The molecule has 1 aromatic heterocycles. The van der Waals surface area contributed by atoms with Crippen molar-refractivity contribution in [2.24, 2.45) is 0 Å². The fraction of sp³-hybridized carbons (Fsp3) is 0.615. The molecule has 1 aromatic rings. The van der Waals surface area contributed by atoms with Gasteiger partial charge in [0.2, 0.25) is 0 Å². The van der Waals surface area contributed by atoms with E-state index in [0.29, 0.717) is 11.1 Å². The molecule has 0 saturated heterocycles. The Morgan fingerprint density at radius 1 is 1.29 bits per heavy atom. The highest BCUT2D eigenvalue weighted by atomic mass is 79.9. The molecule has 0 unspecified atom stereocenters. The van der Waals surface area contributed by atoms with Gasteiger partial charge in [-0.1, -0.05) is 37.3 Å². The predicted octanol–water partition coefficient (Wildman–Crippen LogP) is 4.66. The lowest BCUT2D eigenvalue weighted by Crippen LogP contribution is -2.32. The lowest BCUT2D eigenvalue weighted by atomic mass is 10.1. The molecule has 1 aliphatic rings. The second-order valence-electron chi connectivity index (χ2n) is 4.72. The Balaban J connectivity index is 2.14. The normalized spacial score (nSPS) is 17.8. The molecule has 1 fully saturated rings. The first-order chi connectivity index (χ1) is 8.18. The second kappa shape index (κ2) is 6.05. The monoisotopic (exact) mass is 316 g/mol. The fourth-order valence-corrected chi connectivity index (χ4v) is 3.40. The zero-order valence-corrected chi connectivity index (χ0v) is 12.5. The number of hydrogen-bond donors (Lipinski definition) is 0. The number of pyridine rings is 1. The van der Waals surface area contributed by atoms with Crippen molar-refractivity contribution in [2.75, 3.05) is 11.9 Å². The highest BCUT2D eigenvalue weighted by Gasteiger charge is 2.19. The summed E-state index contributed by atoms with van der Waals surface area (Å²) in [6.45, 7) is 0. The van der Waals surface area contributed by atoms with Crippen LogP contribution in [0.2, 0.25) is 5.02 Å². The number of rotatable bonds is 2. The summed E-state index contributed by atoms with van der Waals surface area (Å²) in [5, 5.41) is 0.676. The molecule has 0 bridgehead atoms. The molecule has 2 rings (SSSR count). The molecular formula is C13H18BrClN2. The third-order valence-corrected chi connectivity index (χ3v) is 4.29. The summed E-state index contributed by atoms with van der Waals surface area (Å²) >= 11 is 9.47. The Labute approximate surface area is 116 Å². The Bertz CT molecular complexity index is 376. The van der Waals surface area contributed by atoms with Crippen molar-refractivity contribution < 1.29 is 0 Å². The third-order valence-electron chi connectivity index (χ3n) is 3.49. The maximum atomic E-state index is 5.92. The van der Waals surface area contributed by atoms with Gasteiger partial charge in [0.25, 0.3) is 0 Å². The summed E-state index contributed by atoms with van der Waals surface area (Å²) in [6.07, 6.45) is 9.68. The number of aromatic nitrogens is 1. The van der Waals surface area contributed by atoms with Crippen LogP contribution < -0.4 is 4.90 Å². The Morgan fingerprint density at radius 2 is 1.94 bits per heavy atom. The van der Waals surface area contributed by atoms with Crippen molar-refractivity contribution in [1.29, 1.82) is 0 Å². The summed E-state index contributed by atoms with van der Waals surface area (Å²) < 4.78 is 0.983. The standard InChI is InChI=1S/C13H18BrClN2/c1-17(11-6-4-2-3-5-7-11)13-12(14)8-10(15)9-16-13/h8-9,11H,2-7H2,1H3. The SMILES string of the molecule is CN(c1ncc(Cl)cc1Br)C1CCCCCC1. The van der Waals surface area contributed by atoms with Crippen LogP contribution in [0.3, 0.4) is 0 Å². The summed E-state index contributed by atoms with van der Waals surface area (Å²) in [7, 11) is 2.14. The van der Waals surface area contributed by atoms with Gasteiger partial charge < -0.3 is 4.90 Å². The first-order valence-electron chi connectivity index (χ1n) is 6.22. The van der Waals surface area contributed by atoms with Crippen LogP contribution in [0.15, 0.2) is 16.7 Å². The van der Waals surface area contributed by atoms with Crippen molar-refractivity contribution in [3.05, 3.63) is 21.8 Å². The smallest absolute Gasteiger partial charge is 0.142 e. The van der Waals surface area contributed by atoms with Crippen molar-refractivity contribution in [2.45, 2.75) is 44.6 Å². The minimum atomic E-state index is 0.613. The van der Waals surface area contributed by atoms with Crippen molar-refractivity contribution in [3.8, 4) is 0 Å². The Hall–Kier alpha value is -0.280. The third kappa shape index (κ3) is 3.35. The van der Waals surface area contributed by atoms with E-state index in [2.05, 4.69) is 32.9 Å². The largest absolute Gasteiger partial charge is 0.356 e. The summed E-state index contributed by atoms with van der Waals surface area (Å²) in [4.78, 5) is 6.73. The number of hydrogen-bond acceptors (Lipinski definition) is 2. The minimum Gasteiger partial charge on any atom is -0.356 e. The summed E-state index contributed by atoms with van der Waals surface area (Å²) in [6, 6.07) is 2.53. The van der Waals surface area contributed by atoms with Gasteiger partial charge in [0.1, 0.15) is 5.82 Å². The Morgan fingerprint density at radius 3 is 2.53 bits per heavy atom. The van der Waals surface area contributed by atoms with E-state index in [1.165, 1.54) is 38.5 Å². The van der Waals surface area contributed by atoms with Gasteiger partial charge in [-0.05, 0) is 34.8 Å². The fourth-order valence-electron chi connectivity index (χ4n) is 2.48. The predicted molar refractivity (Wildman–Crippen MR) is 76.8 cm³/mol. The summed E-state index contributed by atoms with van der Waals surface area (Å²) in [5.41, 5.74) is 0. The van der Waals surface area contributed by atoms with E-state index in [9.17, 15) is 0 Å². The highest BCUT2D eigenvalue weighted by Crippen LogP contribution is 2.30. The van der Waals surface area contributed by atoms with Crippen LogP contribution in [0.1, 0.15) is 38.5 Å². The molecule has 0 atom stereocenters. The average molecular weight is 318 g/mol. The van der Waals surface area contributed by atoms with E-state index in [1.807, 2.05) is 6.07 Å². The molecule has 1 aliphatic carbocycles. The molecule has 0 spiro atoms. The topological polar surface area (TPSA) is 16.1 Å². The summed E-state index contributed by atoms with van der Waals surface area (Å²) in [5.74, 6) is 1.00. The van der Waals surface area contributed by atoms with Crippen LogP contribution in [-0.4, -0.2) is 18.1 Å². The average Bonchev–Trinajstić information content (AvgIpc) is 2.56. The zero-order valence-electron chi connectivity index (χ0n) is 10.1. The maximum absolute atomic E-state index is 5.92. The molecule has 1 saturated carbocycles. The second-order valence-corrected chi connectivity index (χ2v) is 6.01. The van der Waals surface area contributed by atoms with Crippen LogP contribution in [0.5, 0.6) is 0 Å². The van der Waals surface area contributed by atoms with Gasteiger partial charge in [-0.25, -0.2) is 4.98 Å². The van der Waals surface area contributed by atoms with Gasteiger partial charge >= 0.3 is 0 Å². The molecule has 1 heterocycles. The molecule has 94 valence electrons. The molecule has 2 nitrogen and oxygen atoms in total. The molecule has 0 radical (unpaired) electrons. The van der Waals surface area contributed by atoms with Gasteiger partial charge in [0.05, 0.1) is 9.50 Å². The molecule has 0 amide bonds. The molecule has 0 aliphatic heterocycles. The zero-order chi connectivity index (χ0) is 12.3. The molecule has 0 aromatic carbocycles. The number of nitrogens with zero attached hydrogens (tertiary/aromatic N) is 2. The highest BCUT2D eigenvalue weighted by molar-refractivity contribution is 9.10. The first kappa shape index (κ1) is 13.2. The van der Waals surface area contributed by atoms with E-state index in [1.54, 1.807) is 6.20 Å². The van der Waals surface area contributed by atoms with E-state index in [-0.39, 0.29) is 0 Å². The molecule has 0 N–H and O–H groups in total. The van der Waals surface area contributed by atoms with Crippen molar-refractivity contribution >= 4 is 33.3 Å². The van der Waals surface area contributed by atoms with Crippen molar-refractivity contribution in [1.82, 2.24) is 4.98 Å². The van der Waals surface area contributed by atoms with Gasteiger partial charge in [-0.15, -0.1) is 0 Å². The van der Waals surface area contributed by atoms with Crippen LogP contribution >= 0.6 is 27.5 Å². The van der Waals surface area contributed by atoms with Crippen LogP contribution in [0, 0.1) is 0 Å². The molecule has 17 heavy (non-hydrogen) atoms. The molecular weight excluding hydrogens is 300 g/mol. The van der Waals surface area contributed by atoms with Crippen LogP contribution in [0.4, 0.5) is 5.82 Å². The number of halogens is 2. The van der Waals surface area contributed by atoms with Crippen LogP contribution in [0.25, 0.3) is 0 Å². The van der Waals surface area contributed by atoms with Crippen LogP contribution in [-0.2, 0) is 0 Å². The van der Waals surface area contributed by atoms with Crippen molar-refractivity contribution in [3.63, 3.8) is 0 Å². The van der Waals surface area contributed by atoms with E-state index >= 15 is 0 Å². The first-order valence-corrected chi connectivity index (χ1v) is 7.39. The van der Waals surface area contributed by atoms with E-state index < -0.39 is 0 Å². The van der Waals surface area contributed by atoms with E-state index in [4.69, 9.17) is 11.6 Å². The van der Waals surface area contributed by atoms with Gasteiger partial charge in [-0.3, -0.25) is 0 Å². The lowest BCUT2D eigenvalue weighted by Gasteiger charge is -2.29. The minimum absolute atomic E-state index is 0.613. The maximum Gasteiger partial charge on any atom is 0.142 e.